The fraction of sp³-hybridized carbons (Fsp3) is 0.222. The standard InChI is InChI=1S/C18H19N3O/c1-18(2)10-13-8-14(19)5-6-15(13)16(21-18)9-17(22)12-4-3-7-20-11-12/h3-9,11,21H,10,19H2,1-2H3. The number of carbonyl (C=O) groups is 1. The van der Waals surface area contributed by atoms with E-state index in [0.29, 0.717) is 5.56 Å². The lowest BCUT2D eigenvalue weighted by molar-refractivity contribution is 0.104. The molecule has 0 aliphatic carbocycles. The second-order valence-electron chi connectivity index (χ2n) is 6.27. The number of allylic oxidation sites excluding steroid dienone is 1. The van der Waals surface area contributed by atoms with Gasteiger partial charge in [-0.2, -0.15) is 0 Å². The topological polar surface area (TPSA) is 68.0 Å². The van der Waals surface area contributed by atoms with Gasteiger partial charge in [-0.05, 0) is 50.1 Å². The van der Waals surface area contributed by atoms with Crippen LogP contribution in [0.2, 0.25) is 0 Å². The lowest BCUT2D eigenvalue weighted by Gasteiger charge is -2.35. The monoisotopic (exact) mass is 293 g/mol. The van der Waals surface area contributed by atoms with Gasteiger partial charge in [0.1, 0.15) is 0 Å². The van der Waals surface area contributed by atoms with Crippen LogP contribution in [0.15, 0.2) is 48.8 Å². The van der Waals surface area contributed by atoms with Crippen LogP contribution >= 0.6 is 0 Å². The van der Waals surface area contributed by atoms with Gasteiger partial charge in [0.15, 0.2) is 5.78 Å². The number of pyridine rings is 1. The number of nitrogen functional groups attached to an aromatic ring is 1. The van der Waals surface area contributed by atoms with E-state index in [2.05, 4.69) is 24.1 Å². The number of hydrogen-bond donors (Lipinski definition) is 2. The highest BCUT2D eigenvalue weighted by atomic mass is 16.1. The summed E-state index contributed by atoms with van der Waals surface area (Å²) in [4.78, 5) is 16.4. The zero-order valence-corrected chi connectivity index (χ0v) is 12.8. The highest BCUT2D eigenvalue weighted by Crippen LogP contribution is 2.31. The number of fused-ring (bicyclic) bond motifs is 1. The number of hydrogen-bond acceptors (Lipinski definition) is 4. The van der Waals surface area contributed by atoms with Crippen LogP contribution in [-0.2, 0) is 6.42 Å². The molecule has 0 spiro atoms. The van der Waals surface area contributed by atoms with Gasteiger partial charge < -0.3 is 11.1 Å². The van der Waals surface area contributed by atoms with Gasteiger partial charge in [-0.3, -0.25) is 9.78 Å². The predicted octanol–water partition coefficient (Wildman–Crippen LogP) is 2.81. The number of nitrogens with two attached hydrogens (primary N) is 1. The van der Waals surface area contributed by atoms with E-state index in [1.807, 2.05) is 18.2 Å². The summed E-state index contributed by atoms with van der Waals surface area (Å²) in [5.74, 6) is -0.0592. The third-order valence-corrected chi connectivity index (χ3v) is 3.75. The van der Waals surface area contributed by atoms with Crippen molar-refractivity contribution in [1.29, 1.82) is 0 Å². The zero-order valence-electron chi connectivity index (χ0n) is 12.8. The first-order valence-electron chi connectivity index (χ1n) is 7.28. The SMILES string of the molecule is CC1(C)Cc2cc(N)ccc2C(=CC(=O)c2cccnc2)N1. The van der Waals surface area contributed by atoms with Gasteiger partial charge in [0.2, 0.25) is 0 Å². The van der Waals surface area contributed by atoms with Crippen LogP contribution in [-0.4, -0.2) is 16.3 Å². The summed E-state index contributed by atoms with van der Waals surface area (Å²) in [7, 11) is 0. The first-order valence-corrected chi connectivity index (χ1v) is 7.28. The van der Waals surface area contributed by atoms with Gasteiger partial charge in [0.05, 0.1) is 0 Å². The molecule has 1 aliphatic rings. The average molecular weight is 293 g/mol. The molecule has 0 saturated heterocycles. The predicted molar refractivity (Wildman–Crippen MR) is 88.3 cm³/mol. The van der Waals surface area contributed by atoms with E-state index in [9.17, 15) is 4.79 Å². The number of rotatable bonds is 2. The van der Waals surface area contributed by atoms with E-state index in [1.54, 1.807) is 30.6 Å². The third-order valence-electron chi connectivity index (χ3n) is 3.75. The minimum atomic E-state index is -0.123. The molecule has 22 heavy (non-hydrogen) atoms. The molecule has 2 aromatic rings. The molecule has 4 nitrogen and oxygen atoms in total. The summed E-state index contributed by atoms with van der Waals surface area (Å²) in [5, 5.41) is 3.45. The molecule has 0 unspecified atom stereocenters. The molecule has 0 atom stereocenters. The quantitative estimate of drug-likeness (QED) is 0.507. The van der Waals surface area contributed by atoms with Gasteiger partial charge in [-0.25, -0.2) is 0 Å². The van der Waals surface area contributed by atoms with E-state index in [0.717, 1.165) is 28.9 Å². The van der Waals surface area contributed by atoms with Crippen LogP contribution in [0.25, 0.3) is 5.70 Å². The van der Waals surface area contributed by atoms with Crippen LogP contribution in [0.3, 0.4) is 0 Å². The Labute approximate surface area is 130 Å². The maximum absolute atomic E-state index is 12.4. The Morgan fingerprint density at radius 1 is 1.36 bits per heavy atom. The third kappa shape index (κ3) is 2.86. The van der Waals surface area contributed by atoms with Crippen molar-refractivity contribution >= 4 is 17.2 Å². The van der Waals surface area contributed by atoms with Crippen molar-refractivity contribution in [2.45, 2.75) is 25.8 Å². The van der Waals surface area contributed by atoms with Crippen molar-refractivity contribution in [1.82, 2.24) is 10.3 Å². The van der Waals surface area contributed by atoms with Crippen LogP contribution in [0.1, 0.15) is 35.3 Å². The number of ketones is 1. The molecule has 0 saturated carbocycles. The van der Waals surface area contributed by atoms with E-state index in [-0.39, 0.29) is 11.3 Å². The average Bonchev–Trinajstić information content (AvgIpc) is 2.46. The molecule has 0 radical (unpaired) electrons. The molecule has 0 bridgehead atoms. The first-order chi connectivity index (χ1) is 10.4. The second-order valence-corrected chi connectivity index (χ2v) is 6.27. The van der Waals surface area contributed by atoms with Crippen molar-refractivity contribution in [2.75, 3.05) is 5.73 Å². The van der Waals surface area contributed by atoms with E-state index < -0.39 is 0 Å². The Bertz CT molecular complexity index is 748. The highest BCUT2D eigenvalue weighted by molar-refractivity contribution is 6.08. The molecular formula is C18H19N3O. The van der Waals surface area contributed by atoms with Gasteiger partial charge in [0.25, 0.3) is 0 Å². The first kappa shape index (κ1) is 14.3. The van der Waals surface area contributed by atoms with Crippen LogP contribution in [0.5, 0.6) is 0 Å². The summed E-state index contributed by atoms with van der Waals surface area (Å²) in [6.45, 7) is 4.23. The number of nitrogens with zero attached hydrogens (tertiary/aromatic N) is 1. The number of anilines is 1. The largest absolute Gasteiger partial charge is 0.399 e. The Morgan fingerprint density at radius 2 is 2.18 bits per heavy atom. The van der Waals surface area contributed by atoms with Crippen molar-refractivity contribution in [3.05, 3.63) is 65.5 Å². The number of nitrogens with one attached hydrogen (secondary N) is 1. The molecule has 112 valence electrons. The highest BCUT2D eigenvalue weighted by Gasteiger charge is 2.28. The lowest BCUT2D eigenvalue weighted by atomic mass is 9.85. The Kier molecular flexibility index (Phi) is 3.45. The Hall–Kier alpha value is -2.62. The Morgan fingerprint density at radius 3 is 2.91 bits per heavy atom. The smallest absolute Gasteiger partial charge is 0.189 e. The normalized spacial score (nSPS) is 17.6. The van der Waals surface area contributed by atoms with Crippen LogP contribution in [0, 0.1) is 0 Å². The summed E-state index contributed by atoms with van der Waals surface area (Å²) < 4.78 is 0. The number of carbonyl (C=O) groups excluding carboxylic acids is 1. The summed E-state index contributed by atoms with van der Waals surface area (Å²) in [6, 6.07) is 9.35. The molecular weight excluding hydrogens is 274 g/mol. The minimum Gasteiger partial charge on any atom is -0.399 e. The lowest BCUT2D eigenvalue weighted by Crippen LogP contribution is -2.43. The summed E-state index contributed by atoms with van der Waals surface area (Å²) in [6.07, 6.45) is 5.75. The van der Waals surface area contributed by atoms with Crippen LogP contribution in [0.4, 0.5) is 5.69 Å². The van der Waals surface area contributed by atoms with Gasteiger partial charge in [-0.15, -0.1) is 0 Å². The summed E-state index contributed by atoms with van der Waals surface area (Å²) in [5.41, 5.74) is 10.1. The maximum Gasteiger partial charge on any atom is 0.189 e. The molecule has 3 rings (SSSR count). The van der Waals surface area contributed by atoms with E-state index in [4.69, 9.17) is 5.73 Å². The number of aromatic nitrogens is 1. The van der Waals surface area contributed by atoms with E-state index in [1.165, 1.54) is 0 Å². The van der Waals surface area contributed by atoms with Gasteiger partial charge in [0, 0.05) is 46.5 Å². The molecule has 3 N–H and O–H groups in total. The fourth-order valence-electron chi connectivity index (χ4n) is 2.81. The van der Waals surface area contributed by atoms with Gasteiger partial charge >= 0.3 is 0 Å². The fourth-order valence-corrected chi connectivity index (χ4v) is 2.81. The summed E-state index contributed by atoms with van der Waals surface area (Å²) >= 11 is 0. The molecule has 1 aromatic carbocycles. The van der Waals surface area contributed by atoms with Crippen molar-refractivity contribution in [3.8, 4) is 0 Å². The maximum atomic E-state index is 12.4. The molecule has 0 amide bonds. The number of benzene rings is 1. The van der Waals surface area contributed by atoms with Gasteiger partial charge in [-0.1, -0.05) is 6.07 Å². The molecule has 2 heterocycles. The van der Waals surface area contributed by atoms with Crippen molar-refractivity contribution in [3.63, 3.8) is 0 Å². The Balaban J connectivity index is 2.03. The molecule has 4 heteroatoms. The van der Waals surface area contributed by atoms with E-state index >= 15 is 0 Å². The van der Waals surface area contributed by atoms with Crippen LogP contribution < -0.4 is 11.1 Å². The van der Waals surface area contributed by atoms with Crippen molar-refractivity contribution in [2.24, 2.45) is 0 Å². The molecule has 1 aromatic heterocycles. The second kappa shape index (κ2) is 5.30. The molecule has 1 aliphatic heterocycles. The zero-order chi connectivity index (χ0) is 15.7. The van der Waals surface area contributed by atoms with Crippen molar-refractivity contribution < 1.29 is 4.79 Å². The molecule has 0 fully saturated rings. The minimum absolute atomic E-state index is 0.0592.